The third-order valence-electron chi connectivity index (χ3n) is 1.70. The van der Waals surface area contributed by atoms with Gasteiger partial charge in [0.25, 0.3) is 0 Å². The number of hydrogen-bond donors (Lipinski definition) is 0. The van der Waals surface area contributed by atoms with Crippen LogP contribution in [0.4, 0.5) is 0 Å². The molecule has 1 aliphatic rings. The van der Waals surface area contributed by atoms with Crippen LogP contribution in [0.5, 0.6) is 0 Å². The lowest BCUT2D eigenvalue weighted by Gasteiger charge is -2.35. The molecule has 0 unspecified atom stereocenters. The zero-order valence-electron chi connectivity index (χ0n) is 5.54. The van der Waals surface area contributed by atoms with E-state index in [1.54, 1.807) is 0 Å². The van der Waals surface area contributed by atoms with E-state index in [1.807, 2.05) is 0 Å². The molecule has 64 valence electrons. The molecule has 0 aromatic rings. The Bertz CT molecular complexity index is 187. The van der Waals surface area contributed by atoms with Crippen LogP contribution >= 0.6 is 46.4 Å². The van der Waals surface area contributed by atoms with Crippen molar-refractivity contribution in [1.82, 2.24) is 0 Å². The Morgan fingerprint density at radius 1 is 1.18 bits per heavy atom. The van der Waals surface area contributed by atoms with Crippen LogP contribution in [0.25, 0.3) is 0 Å². The highest BCUT2D eigenvalue weighted by molar-refractivity contribution is 6.69. The average Bonchev–Trinajstić information content (AvgIpc) is 1.84. The molecule has 0 aromatic heterocycles. The van der Waals surface area contributed by atoms with E-state index < -0.39 is 8.67 Å². The molecule has 1 saturated carbocycles. The number of carbonyl (C=O) groups is 1. The van der Waals surface area contributed by atoms with Gasteiger partial charge in [-0.2, -0.15) is 0 Å². The Labute approximate surface area is 84.9 Å². The van der Waals surface area contributed by atoms with Gasteiger partial charge in [0.1, 0.15) is 0 Å². The number of alkyl halides is 4. The summed E-state index contributed by atoms with van der Waals surface area (Å²) in [4.78, 5) is 11.1. The largest absolute Gasteiger partial charge is 0.296 e. The smallest absolute Gasteiger partial charge is 0.208 e. The van der Waals surface area contributed by atoms with Crippen LogP contribution < -0.4 is 0 Å². The van der Waals surface area contributed by atoms with Gasteiger partial charge in [0.2, 0.25) is 4.33 Å². The van der Waals surface area contributed by atoms with Crippen molar-refractivity contribution < 1.29 is 4.79 Å². The molecule has 0 radical (unpaired) electrons. The molecule has 0 aliphatic heterocycles. The molecule has 0 amide bonds. The molecule has 11 heavy (non-hydrogen) atoms. The maximum atomic E-state index is 11.1. The average molecular weight is 236 g/mol. The van der Waals surface area contributed by atoms with E-state index in [-0.39, 0.29) is 5.78 Å². The lowest BCUT2D eigenvalue weighted by Crippen LogP contribution is -2.46. The molecule has 0 N–H and O–H groups in total. The second-order valence-corrected chi connectivity index (χ2v) is 5.37. The molecule has 0 spiro atoms. The second-order valence-electron chi connectivity index (χ2n) is 2.56. The fraction of sp³-hybridized carbons (Fsp3) is 0.833. The van der Waals surface area contributed by atoms with Crippen molar-refractivity contribution in [3.05, 3.63) is 0 Å². The van der Waals surface area contributed by atoms with E-state index >= 15 is 0 Å². The summed E-state index contributed by atoms with van der Waals surface area (Å²) in [7, 11) is 0. The molecular weight excluding hydrogens is 230 g/mol. The highest BCUT2D eigenvalue weighted by Gasteiger charge is 2.54. The Hall–Kier alpha value is 0.830. The van der Waals surface area contributed by atoms with Crippen molar-refractivity contribution in [1.29, 1.82) is 0 Å². The number of ketones is 1. The van der Waals surface area contributed by atoms with Gasteiger partial charge in [0.05, 0.1) is 0 Å². The summed E-state index contributed by atoms with van der Waals surface area (Å²) < 4.78 is -2.96. The van der Waals surface area contributed by atoms with Gasteiger partial charge in [-0.15, -0.1) is 0 Å². The summed E-state index contributed by atoms with van der Waals surface area (Å²) in [6.45, 7) is 0. The Morgan fingerprint density at radius 2 is 1.73 bits per heavy atom. The van der Waals surface area contributed by atoms with Gasteiger partial charge < -0.3 is 0 Å². The zero-order chi connectivity index (χ0) is 8.70. The molecule has 0 saturated heterocycles. The highest BCUT2D eigenvalue weighted by atomic mass is 35.5. The minimum absolute atomic E-state index is 0.294. The molecule has 0 atom stereocenters. The first-order valence-electron chi connectivity index (χ1n) is 3.17. The van der Waals surface area contributed by atoms with E-state index in [9.17, 15) is 4.79 Å². The molecular formula is C6H6Cl4O. The van der Waals surface area contributed by atoms with E-state index in [0.717, 1.165) is 0 Å². The van der Waals surface area contributed by atoms with Crippen molar-refractivity contribution in [3.8, 4) is 0 Å². The minimum atomic E-state index is -1.63. The van der Waals surface area contributed by atoms with E-state index in [0.29, 0.717) is 19.3 Å². The summed E-state index contributed by atoms with van der Waals surface area (Å²) in [6, 6.07) is 0. The monoisotopic (exact) mass is 234 g/mol. The fourth-order valence-corrected chi connectivity index (χ4v) is 1.84. The normalized spacial score (nSPS) is 28.5. The summed E-state index contributed by atoms with van der Waals surface area (Å²) in [5.41, 5.74) is 0. The first-order valence-corrected chi connectivity index (χ1v) is 4.68. The lowest BCUT2D eigenvalue weighted by atomic mass is 9.97. The quantitative estimate of drug-likeness (QED) is 0.590. The molecule has 0 heterocycles. The van der Waals surface area contributed by atoms with E-state index in [4.69, 9.17) is 46.4 Å². The molecule has 5 heteroatoms. The summed E-state index contributed by atoms with van der Waals surface area (Å²) in [6.07, 6.45) is 1.45. The molecule has 1 aliphatic carbocycles. The number of hydrogen-bond acceptors (Lipinski definition) is 1. The van der Waals surface area contributed by atoms with Crippen LogP contribution in [0, 0.1) is 0 Å². The SMILES string of the molecule is O=C1CCCC(Cl)(Cl)C1(Cl)Cl. The molecule has 1 fully saturated rings. The highest BCUT2D eigenvalue weighted by Crippen LogP contribution is 2.50. The first kappa shape index (κ1) is 9.91. The Morgan fingerprint density at radius 3 is 2.09 bits per heavy atom. The molecule has 0 aromatic carbocycles. The maximum absolute atomic E-state index is 11.1. The number of Topliss-reactive ketones (excluding diaryl/α,β-unsaturated/α-hetero) is 1. The Kier molecular flexibility index (Phi) is 2.66. The number of halogens is 4. The zero-order valence-corrected chi connectivity index (χ0v) is 8.57. The van der Waals surface area contributed by atoms with Crippen LogP contribution in [0.2, 0.25) is 0 Å². The van der Waals surface area contributed by atoms with Crippen LogP contribution in [-0.4, -0.2) is 14.4 Å². The third kappa shape index (κ3) is 1.62. The van der Waals surface area contributed by atoms with Crippen LogP contribution in [0.3, 0.4) is 0 Å². The number of carbonyl (C=O) groups excluding carboxylic acids is 1. The minimum Gasteiger partial charge on any atom is -0.296 e. The van der Waals surface area contributed by atoms with Gasteiger partial charge in [0, 0.05) is 6.42 Å². The fourth-order valence-electron chi connectivity index (χ4n) is 0.989. The van der Waals surface area contributed by atoms with Crippen LogP contribution in [-0.2, 0) is 4.79 Å². The summed E-state index contributed by atoms with van der Waals surface area (Å²) in [5.74, 6) is -0.294. The van der Waals surface area contributed by atoms with Gasteiger partial charge >= 0.3 is 0 Å². The first-order chi connectivity index (χ1) is 4.88. The maximum Gasteiger partial charge on any atom is 0.208 e. The van der Waals surface area contributed by atoms with E-state index in [2.05, 4.69) is 0 Å². The van der Waals surface area contributed by atoms with Gasteiger partial charge in [-0.05, 0) is 12.8 Å². The molecule has 0 bridgehead atoms. The predicted molar refractivity (Wildman–Crippen MR) is 47.7 cm³/mol. The van der Waals surface area contributed by atoms with Gasteiger partial charge in [-0.25, -0.2) is 0 Å². The van der Waals surface area contributed by atoms with Crippen molar-refractivity contribution in [2.24, 2.45) is 0 Å². The van der Waals surface area contributed by atoms with Crippen molar-refractivity contribution in [3.63, 3.8) is 0 Å². The number of rotatable bonds is 0. The van der Waals surface area contributed by atoms with Crippen molar-refractivity contribution in [2.45, 2.75) is 27.9 Å². The Balaban J connectivity index is 2.91. The predicted octanol–water partition coefficient (Wildman–Crippen LogP) is 3.09. The van der Waals surface area contributed by atoms with Gasteiger partial charge in [-0.3, -0.25) is 4.79 Å². The molecule has 1 rings (SSSR count). The standard InChI is InChI=1S/C6H6Cl4O/c7-5(8)3-1-2-4(11)6(5,9)10/h1-3H2. The molecule has 1 nitrogen and oxygen atoms in total. The van der Waals surface area contributed by atoms with Crippen molar-refractivity contribution in [2.75, 3.05) is 0 Å². The lowest BCUT2D eigenvalue weighted by molar-refractivity contribution is -0.121. The third-order valence-corrected chi connectivity index (χ3v) is 4.10. The van der Waals surface area contributed by atoms with Gasteiger partial charge in [-0.1, -0.05) is 46.4 Å². The van der Waals surface area contributed by atoms with Crippen molar-refractivity contribution >= 4 is 52.2 Å². The van der Waals surface area contributed by atoms with Crippen LogP contribution in [0.1, 0.15) is 19.3 Å². The van der Waals surface area contributed by atoms with Gasteiger partial charge in [0.15, 0.2) is 10.1 Å². The summed E-state index contributed by atoms with van der Waals surface area (Å²) >= 11 is 22.8. The van der Waals surface area contributed by atoms with Crippen LogP contribution in [0.15, 0.2) is 0 Å². The topological polar surface area (TPSA) is 17.1 Å². The van der Waals surface area contributed by atoms with E-state index in [1.165, 1.54) is 0 Å². The second kappa shape index (κ2) is 2.95. The summed E-state index contributed by atoms with van der Waals surface area (Å²) in [5, 5.41) is 0.